The summed E-state index contributed by atoms with van der Waals surface area (Å²) in [5, 5.41) is 9.86. The highest BCUT2D eigenvalue weighted by Crippen LogP contribution is 2.29. The second-order valence-electron chi connectivity index (χ2n) is 6.67. The molecule has 0 amide bonds. The maximum atomic E-state index is 5.44. The van der Waals surface area contributed by atoms with E-state index in [9.17, 15) is 0 Å². The Morgan fingerprint density at radius 2 is 1.27 bits per heavy atom. The fourth-order valence-electron chi connectivity index (χ4n) is 3.22. The van der Waals surface area contributed by atoms with Crippen LogP contribution in [0.15, 0.2) is 48.5 Å². The van der Waals surface area contributed by atoms with E-state index in [1.54, 1.807) is 14.2 Å². The molecule has 30 heavy (non-hydrogen) atoms. The molecule has 0 aliphatic carbocycles. The first kappa shape index (κ1) is 19.7. The lowest BCUT2D eigenvalue weighted by Gasteiger charge is -2.27. The van der Waals surface area contributed by atoms with Crippen molar-refractivity contribution in [2.24, 2.45) is 0 Å². The summed E-state index contributed by atoms with van der Waals surface area (Å²) >= 11 is 0. The topological polar surface area (TPSA) is 96.5 Å². The molecule has 3 N–H and O–H groups in total. The summed E-state index contributed by atoms with van der Waals surface area (Å²) in [6.45, 7) is 3.42. The molecule has 0 saturated carbocycles. The van der Waals surface area contributed by atoms with Crippen molar-refractivity contribution < 1.29 is 9.47 Å². The molecule has 1 aliphatic rings. The zero-order valence-electron chi connectivity index (χ0n) is 17.1. The third kappa shape index (κ3) is 4.52. The van der Waals surface area contributed by atoms with Gasteiger partial charge in [0, 0.05) is 26.2 Å². The molecule has 0 unspecified atom stereocenters. The molecular formula is C21H25N7O2. The summed E-state index contributed by atoms with van der Waals surface area (Å²) in [7, 11) is 3.27. The predicted octanol–water partition coefficient (Wildman–Crippen LogP) is 2.79. The smallest absolute Gasteiger partial charge is 0.233 e. The number of para-hydroxylation sites is 4. The lowest BCUT2D eigenvalue weighted by Crippen LogP contribution is -2.44. The first-order valence-electron chi connectivity index (χ1n) is 9.78. The third-order valence-electron chi connectivity index (χ3n) is 4.73. The number of nitrogens with zero attached hydrogens (tertiary/aromatic N) is 4. The van der Waals surface area contributed by atoms with Crippen LogP contribution in [-0.4, -0.2) is 55.4 Å². The van der Waals surface area contributed by atoms with E-state index < -0.39 is 0 Å². The number of nitrogens with one attached hydrogen (secondary N) is 3. The number of hydrogen-bond donors (Lipinski definition) is 3. The summed E-state index contributed by atoms with van der Waals surface area (Å²) in [4.78, 5) is 16.0. The Bertz CT molecular complexity index is 925. The highest BCUT2D eigenvalue weighted by Gasteiger charge is 2.17. The summed E-state index contributed by atoms with van der Waals surface area (Å²) in [5.74, 6) is 2.89. The third-order valence-corrected chi connectivity index (χ3v) is 4.73. The van der Waals surface area contributed by atoms with Crippen LogP contribution in [0.2, 0.25) is 0 Å². The van der Waals surface area contributed by atoms with Gasteiger partial charge in [0.2, 0.25) is 17.8 Å². The van der Waals surface area contributed by atoms with Crippen LogP contribution in [0.1, 0.15) is 0 Å². The largest absolute Gasteiger partial charge is 0.495 e. The molecule has 156 valence electrons. The SMILES string of the molecule is COc1ccccc1Nc1nc(Nc2ccccc2OC)nc(N2CCNCC2)n1. The van der Waals surface area contributed by atoms with Gasteiger partial charge in [0.05, 0.1) is 25.6 Å². The summed E-state index contributed by atoms with van der Waals surface area (Å²) in [5.41, 5.74) is 1.56. The number of benzene rings is 2. The molecule has 3 aromatic rings. The Hall–Kier alpha value is -3.59. The standard InChI is InChI=1S/C21H25N7O2/c1-29-17-9-5-3-7-15(17)23-19-25-20(24-16-8-4-6-10-18(16)30-2)27-21(26-19)28-13-11-22-12-14-28/h3-10,22H,11-14H2,1-2H3,(H2,23,24,25,26,27). The van der Waals surface area contributed by atoms with Crippen molar-refractivity contribution in [1.29, 1.82) is 0 Å². The van der Waals surface area contributed by atoms with Crippen molar-refractivity contribution >= 4 is 29.2 Å². The van der Waals surface area contributed by atoms with E-state index in [4.69, 9.17) is 9.47 Å². The molecule has 0 atom stereocenters. The first-order chi connectivity index (χ1) is 14.8. The normalized spacial score (nSPS) is 13.6. The monoisotopic (exact) mass is 407 g/mol. The molecule has 1 aromatic heterocycles. The van der Waals surface area contributed by atoms with Gasteiger partial charge >= 0.3 is 0 Å². The van der Waals surface area contributed by atoms with Crippen LogP contribution in [0.5, 0.6) is 11.5 Å². The zero-order chi connectivity index (χ0) is 20.8. The number of methoxy groups -OCH3 is 2. The number of piperazine rings is 1. The molecule has 4 rings (SSSR count). The van der Waals surface area contributed by atoms with Crippen molar-refractivity contribution in [2.75, 3.05) is 55.9 Å². The van der Waals surface area contributed by atoms with Gasteiger partial charge < -0.3 is 30.3 Å². The Morgan fingerprint density at radius 3 is 1.77 bits per heavy atom. The fraction of sp³-hybridized carbons (Fsp3) is 0.286. The van der Waals surface area contributed by atoms with Gasteiger partial charge in [0.15, 0.2) is 0 Å². The van der Waals surface area contributed by atoms with E-state index in [1.807, 2.05) is 48.5 Å². The van der Waals surface area contributed by atoms with E-state index in [0.29, 0.717) is 29.3 Å². The molecule has 1 aliphatic heterocycles. The van der Waals surface area contributed by atoms with Crippen LogP contribution in [-0.2, 0) is 0 Å². The highest BCUT2D eigenvalue weighted by atomic mass is 16.5. The highest BCUT2D eigenvalue weighted by molar-refractivity contribution is 5.66. The van der Waals surface area contributed by atoms with Gasteiger partial charge in [-0.3, -0.25) is 0 Å². The maximum absolute atomic E-state index is 5.44. The Kier molecular flexibility index (Phi) is 6.09. The van der Waals surface area contributed by atoms with Crippen LogP contribution in [0.25, 0.3) is 0 Å². The Balaban J connectivity index is 1.69. The van der Waals surface area contributed by atoms with Crippen molar-refractivity contribution in [2.45, 2.75) is 0 Å². The zero-order valence-corrected chi connectivity index (χ0v) is 17.1. The van der Waals surface area contributed by atoms with Crippen molar-refractivity contribution in [3.63, 3.8) is 0 Å². The van der Waals surface area contributed by atoms with Gasteiger partial charge in [0.25, 0.3) is 0 Å². The van der Waals surface area contributed by atoms with Gasteiger partial charge in [-0.1, -0.05) is 24.3 Å². The number of hydrogen-bond acceptors (Lipinski definition) is 9. The summed E-state index contributed by atoms with van der Waals surface area (Å²) < 4.78 is 10.9. The molecule has 9 nitrogen and oxygen atoms in total. The summed E-state index contributed by atoms with van der Waals surface area (Å²) in [6.07, 6.45) is 0. The van der Waals surface area contributed by atoms with Crippen LogP contribution in [0.3, 0.4) is 0 Å². The molecule has 1 saturated heterocycles. The minimum atomic E-state index is 0.431. The molecule has 0 spiro atoms. The number of rotatable bonds is 7. The van der Waals surface area contributed by atoms with Crippen molar-refractivity contribution in [3.05, 3.63) is 48.5 Å². The molecular weight excluding hydrogens is 382 g/mol. The average Bonchev–Trinajstić information content (AvgIpc) is 2.80. The minimum absolute atomic E-state index is 0.431. The lowest BCUT2D eigenvalue weighted by atomic mass is 10.3. The van der Waals surface area contributed by atoms with Gasteiger partial charge in [-0.25, -0.2) is 0 Å². The summed E-state index contributed by atoms with van der Waals surface area (Å²) in [6, 6.07) is 15.3. The van der Waals surface area contributed by atoms with Gasteiger partial charge in [-0.15, -0.1) is 0 Å². The van der Waals surface area contributed by atoms with Crippen LogP contribution in [0, 0.1) is 0 Å². The van der Waals surface area contributed by atoms with Crippen molar-refractivity contribution in [3.8, 4) is 11.5 Å². The molecule has 9 heteroatoms. The first-order valence-corrected chi connectivity index (χ1v) is 9.78. The van der Waals surface area contributed by atoms with Gasteiger partial charge in [-0.2, -0.15) is 15.0 Å². The van der Waals surface area contributed by atoms with Crippen molar-refractivity contribution in [1.82, 2.24) is 20.3 Å². The molecule has 1 fully saturated rings. The fourth-order valence-corrected chi connectivity index (χ4v) is 3.22. The molecule has 0 radical (unpaired) electrons. The average molecular weight is 407 g/mol. The molecule has 2 aromatic carbocycles. The number of aromatic nitrogens is 3. The number of ether oxygens (including phenoxy) is 2. The van der Waals surface area contributed by atoms with Crippen LogP contribution < -0.4 is 30.3 Å². The van der Waals surface area contributed by atoms with E-state index in [1.165, 1.54) is 0 Å². The maximum Gasteiger partial charge on any atom is 0.233 e. The Morgan fingerprint density at radius 1 is 0.767 bits per heavy atom. The number of anilines is 5. The lowest BCUT2D eigenvalue weighted by molar-refractivity contribution is 0.417. The molecule has 0 bridgehead atoms. The van der Waals surface area contributed by atoms with E-state index in [2.05, 4.69) is 35.8 Å². The van der Waals surface area contributed by atoms with E-state index >= 15 is 0 Å². The van der Waals surface area contributed by atoms with Crippen LogP contribution >= 0.6 is 0 Å². The second kappa shape index (κ2) is 9.27. The van der Waals surface area contributed by atoms with E-state index in [-0.39, 0.29) is 0 Å². The quantitative estimate of drug-likeness (QED) is 0.546. The van der Waals surface area contributed by atoms with E-state index in [0.717, 1.165) is 37.6 Å². The Labute approximate surface area is 175 Å². The predicted molar refractivity (Wildman–Crippen MR) is 117 cm³/mol. The molecule has 2 heterocycles. The second-order valence-corrected chi connectivity index (χ2v) is 6.67. The van der Waals surface area contributed by atoms with Crippen LogP contribution in [0.4, 0.5) is 29.2 Å². The minimum Gasteiger partial charge on any atom is -0.495 e. The van der Waals surface area contributed by atoms with Gasteiger partial charge in [0.1, 0.15) is 11.5 Å². The van der Waals surface area contributed by atoms with Gasteiger partial charge in [-0.05, 0) is 24.3 Å².